The summed E-state index contributed by atoms with van der Waals surface area (Å²) in [4.78, 5) is 7.62. The Labute approximate surface area is 141 Å². The average Bonchev–Trinajstić information content (AvgIpc) is 2.83. The molecule has 116 valence electrons. The number of halogens is 2. The Morgan fingerprint density at radius 1 is 1.29 bits per heavy atom. The molecular weight excluding hydrogens is 325 g/mol. The van der Waals surface area contributed by atoms with Crippen molar-refractivity contribution in [3.05, 3.63) is 45.9 Å². The van der Waals surface area contributed by atoms with Gasteiger partial charge in [0.1, 0.15) is 0 Å². The minimum absolute atomic E-state index is 0. The molecule has 0 spiro atoms. The van der Waals surface area contributed by atoms with Crippen LogP contribution in [0.1, 0.15) is 30.2 Å². The van der Waals surface area contributed by atoms with E-state index in [-0.39, 0.29) is 12.4 Å². The molecule has 0 aliphatic heterocycles. The van der Waals surface area contributed by atoms with Crippen LogP contribution in [-0.2, 0) is 6.54 Å². The van der Waals surface area contributed by atoms with E-state index in [9.17, 15) is 0 Å². The van der Waals surface area contributed by atoms with E-state index in [0.29, 0.717) is 17.1 Å². The summed E-state index contributed by atoms with van der Waals surface area (Å²) in [5.74, 6) is 0.433. The normalized spacial score (nSPS) is 13.8. The third-order valence-corrected chi connectivity index (χ3v) is 4.85. The lowest BCUT2D eigenvalue weighted by Crippen LogP contribution is -2.32. The van der Waals surface area contributed by atoms with Crippen molar-refractivity contribution in [1.29, 1.82) is 0 Å². The quantitative estimate of drug-likeness (QED) is 0.871. The number of likely N-dealkylation sites (N-methyl/N-ethyl adjacent to an activating group) is 1. The van der Waals surface area contributed by atoms with Crippen molar-refractivity contribution in [1.82, 2.24) is 9.88 Å². The number of benzene rings is 1. The van der Waals surface area contributed by atoms with Crippen LogP contribution in [0.4, 0.5) is 5.13 Å². The van der Waals surface area contributed by atoms with E-state index in [2.05, 4.69) is 42.9 Å². The molecule has 2 unspecified atom stereocenters. The maximum Gasteiger partial charge on any atom is 0.180 e. The predicted octanol–water partition coefficient (Wildman–Crippen LogP) is 4.42. The Bertz CT molecular complexity index is 556. The molecule has 3 nitrogen and oxygen atoms in total. The van der Waals surface area contributed by atoms with Gasteiger partial charge in [-0.3, -0.25) is 4.90 Å². The lowest BCUT2D eigenvalue weighted by atomic mass is 9.93. The number of thiazole rings is 1. The number of hydrogen-bond acceptors (Lipinski definition) is 4. The number of aromatic nitrogens is 1. The van der Waals surface area contributed by atoms with Gasteiger partial charge < -0.3 is 5.73 Å². The van der Waals surface area contributed by atoms with Crippen molar-refractivity contribution in [2.75, 3.05) is 12.8 Å². The van der Waals surface area contributed by atoms with Crippen LogP contribution < -0.4 is 5.73 Å². The summed E-state index contributed by atoms with van der Waals surface area (Å²) in [6.45, 7) is 5.35. The summed E-state index contributed by atoms with van der Waals surface area (Å²) in [6, 6.07) is 8.51. The first kappa shape index (κ1) is 18.2. The molecule has 0 radical (unpaired) electrons. The van der Waals surface area contributed by atoms with Crippen molar-refractivity contribution >= 4 is 40.5 Å². The van der Waals surface area contributed by atoms with Gasteiger partial charge in [0.15, 0.2) is 5.13 Å². The summed E-state index contributed by atoms with van der Waals surface area (Å²) in [7, 11) is 2.13. The maximum atomic E-state index is 5.94. The minimum Gasteiger partial charge on any atom is -0.375 e. The largest absolute Gasteiger partial charge is 0.375 e. The van der Waals surface area contributed by atoms with Gasteiger partial charge in [0.05, 0.1) is 0 Å². The molecule has 21 heavy (non-hydrogen) atoms. The van der Waals surface area contributed by atoms with E-state index in [0.717, 1.165) is 11.6 Å². The van der Waals surface area contributed by atoms with E-state index >= 15 is 0 Å². The molecule has 0 amide bonds. The second-order valence-electron chi connectivity index (χ2n) is 5.16. The lowest BCUT2D eigenvalue weighted by molar-refractivity contribution is 0.225. The van der Waals surface area contributed by atoms with Gasteiger partial charge in [0, 0.05) is 28.7 Å². The Hall–Kier alpha value is -0.810. The van der Waals surface area contributed by atoms with Crippen molar-refractivity contribution in [2.45, 2.75) is 32.4 Å². The number of rotatable bonds is 5. The molecular formula is C15H21Cl2N3S. The van der Waals surface area contributed by atoms with Crippen LogP contribution >= 0.6 is 35.3 Å². The monoisotopic (exact) mass is 345 g/mol. The molecule has 6 heteroatoms. The molecule has 0 saturated carbocycles. The SMILES string of the molecule is CC(c1ccc(Cl)cc1)C(C)N(C)Cc1cnc(N)s1.Cl. The van der Waals surface area contributed by atoms with Crippen LogP contribution in [0.25, 0.3) is 0 Å². The molecule has 0 aliphatic rings. The van der Waals surface area contributed by atoms with E-state index < -0.39 is 0 Å². The highest BCUT2D eigenvalue weighted by Gasteiger charge is 2.19. The first-order chi connectivity index (χ1) is 9.47. The van der Waals surface area contributed by atoms with Crippen LogP contribution in [0.3, 0.4) is 0 Å². The summed E-state index contributed by atoms with van der Waals surface area (Å²) in [6.07, 6.45) is 1.86. The van der Waals surface area contributed by atoms with Crippen molar-refractivity contribution in [2.24, 2.45) is 0 Å². The molecule has 2 atom stereocenters. The van der Waals surface area contributed by atoms with Crippen LogP contribution in [0, 0.1) is 0 Å². The van der Waals surface area contributed by atoms with Gasteiger partial charge in [-0.2, -0.15) is 0 Å². The van der Waals surface area contributed by atoms with Crippen LogP contribution in [-0.4, -0.2) is 23.0 Å². The summed E-state index contributed by atoms with van der Waals surface area (Å²) in [5, 5.41) is 1.41. The summed E-state index contributed by atoms with van der Waals surface area (Å²) in [5.41, 5.74) is 6.98. The molecule has 1 heterocycles. The van der Waals surface area contributed by atoms with Crippen LogP contribution in [0.15, 0.2) is 30.5 Å². The molecule has 2 aromatic rings. The smallest absolute Gasteiger partial charge is 0.180 e. The van der Waals surface area contributed by atoms with Gasteiger partial charge in [-0.15, -0.1) is 23.7 Å². The van der Waals surface area contributed by atoms with Gasteiger partial charge in [-0.1, -0.05) is 30.7 Å². The number of anilines is 1. The Morgan fingerprint density at radius 3 is 2.43 bits per heavy atom. The van der Waals surface area contributed by atoms with E-state index in [4.69, 9.17) is 17.3 Å². The average molecular weight is 346 g/mol. The Morgan fingerprint density at radius 2 is 1.90 bits per heavy atom. The topological polar surface area (TPSA) is 42.2 Å². The third kappa shape index (κ3) is 4.85. The first-order valence-corrected chi connectivity index (χ1v) is 7.82. The fourth-order valence-corrected chi connectivity index (χ4v) is 3.09. The zero-order valence-corrected chi connectivity index (χ0v) is 14.8. The molecule has 2 N–H and O–H groups in total. The fraction of sp³-hybridized carbons (Fsp3) is 0.400. The molecule has 1 aromatic carbocycles. The zero-order valence-electron chi connectivity index (χ0n) is 12.4. The second-order valence-corrected chi connectivity index (χ2v) is 6.74. The molecule has 0 fully saturated rings. The highest BCUT2D eigenvalue weighted by atomic mass is 35.5. The molecule has 2 rings (SSSR count). The number of nitrogens with two attached hydrogens (primary N) is 1. The molecule has 0 aliphatic carbocycles. The van der Waals surface area contributed by atoms with Gasteiger partial charge >= 0.3 is 0 Å². The lowest BCUT2D eigenvalue weighted by Gasteiger charge is -2.29. The van der Waals surface area contributed by atoms with Crippen LogP contribution in [0.2, 0.25) is 5.02 Å². The number of hydrogen-bond donors (Lipinski definition) is 1. The van der Waals surface area contributed by atoms with Gasteiger partial charge in [0.2, 0.25) is 0 Å². The zero-order chi connectivity index (χ0) is 14.7. The van der Waals surface area contributed by atoms with Gasteiger partial charge in [0.25, 0.3) is 0 Å². The first-order valence-electron chi connectivity index (χ1n) is 6.63. The summed E-state index contributed by atoms with van der Waals surface area (Å²) < 4.78 is 0. The Kier molecular flexibility index (Phi) is 6.94. The van der Waals surface area contributed by atoms with Crippen molar-refractivity contribution < 1.29 is 0 Å². The predicted molar refractivity (Wildman–Crippen MR) is 94.6 cm³/mol. The number of nitrogens with zero attached hydrogens (tertiary/aromatic N) is 2. The molecule has 0 saturated heterocycles. The highest BCUT2D eigenvalue weighted by Crippen LogP contribution is 2.25. The van der Waals surface area contributed by atoms with Crippen molar-refractivity contribution in [3.8, 4) is 0 Å². The van der Waals surface area contributed by atoms with Crippen molar-refractivity contribution in [3.63, 3.8) is 0 Å². The van der Waals surface area contributed by atoms with Gasteiger partial charge in [-0.05, 0) is 37.6 Å². The van der Waals surface area contributed by atoms with E-state index in [1.54, 1.807) is 11.3 Å². The standard InChI is InChI=1S/C15H20ClN3S.ClH/c1-10(12-4-6-13(16)7-5-12)11(2)19(3)9-14-8-18-15(17)20-14;/h4-8,10-11H,9H2,1-3H3,(H2,17,18);1H. The Balaban J connectivity index is 0.00000220. The molecule has 0 bridgehead atoms. The molecule has 1 aromatic heterocycles. The number of nitrogen functional groups attached to an aromatic ring is 1. The third-order valence-electron chi connectivity index (χ3n) is 3.79. The maximum absolute atomic E-state index is 5.94. The van der Waals surface area contributed by atoms with Crippen LogP contribution in [0.5, 0.6) is 0 Å². The summed E-state index contributed by atoms with van der Waals surface area (Å²) >= 11 is 7.49. The van der Waals surface area contributed by atoms with E-state index in [1.165, 1.54) is 10.4 Å². The van der Waals surface area contributed by atoms with Gasteiger partial charge in [-0.25, -0.2) is 4.98 Å². The minimum atomic E-state index is 0. The highest BCUT2D eigenvalue weighted by molar-refractivity contribution is 7.15. The fourth-order valence-electron chi connectivity index (χ4n) is 2.21. The second kappa shape index (κ2) is 7.99. The van der Waals surface area contributed by atoms with E-state index in [1.807, 2.05) is 18.3 Å².